The fourth-order valence-electron chi connectivity index (χ4n) is 2.18. The summed E-state index contributed by atoms with van der Waals surface area (Å²) in [4.78, 5) is 0. The zero-order valence-electron chi connectivity index (χ0n) is 12.4. The maximum Gasteiger partial charge on any atom is 0.231 e. The Morgan fingerprint density at radius 3 is 2.87 bits per heavy atom. The molecular weight excluding hydrogens is 336 g/mol. The van der Waals surface area contributed by atoms with Crippen molar-refractivity contribution in [1.29, 1.82) is 0 Å². The van der Waals surface area contributed by atoms with Crippen LogP contribution in [0.15, 0.2) is 36.4 Å². The molecule has 1 aliphatic rings. The molecule has 1 aliphatic heterocycles. The minimum absolute atomic E-state index is 0.265. The van der Waals surface area contributed by atoms with Crippen LogP contribution >= 0.6 is 23.8 Å². The predicted octanol–water partition coefficient (Wildman–Crippen LogP) is 3.56. The van der Waals surface area contributed by atoms with E-state index in [0.29, 0.717) is 28.1 Å². The van der Waals surface area contributed by atoms with E-state index in [1.807, 2.05) is 18.2 Å². The van der Waals surface area contributed by atoms with Crippen molar-refractivity contribution in [3.63, 3.8) is 0 Å². The zero-order valence-corrected chi connectivity index (χ0v) is 14.0. The molecule has 0 aromatic heterocycles. The van der Waals surface area contributed by atoms with Crippen molar-refractivity contribution in [3.05, 3.63) is 47.0 Å². The van der Waals surface area contributed by atoms with Crippen molar-refractivity contribution in [2.45, 2.75) is 6.54 Å². The lowest BCUT2D eigenvalue weighted by Crippen LogP contribution is -2.28. The molecule has 23 heavy (non-hydrogen) atoms. The number of anilines is 1. The number of ether oxygens (including phenoxy) is 3. The Kier molecular flexibility index (Phi) is 4.73. The summed E-state index contributed by atoms with van der Waals surface area (Å²) in [6.45, 7) is 0.825. The van der Waals surface area contributed by atoms with Crippen molar-refractivity contribution >= 4 is 34.6 Å². The van der Waals surface area contributed by atoms with Gasteiger partial charge >= 0.3 is 0 Å². The van der Waals surface area contributed by atoms with E-state index in [0.717, 1.165) is 17.1 Å². The number of fused-ring (bicyclic) bond motifs is 1. The molecule has 0 bridgehead atoms. The highest BCUT2D eigenvalue weighted by molar-refractivity contribution is 7.80. The van der Waals surface area contributed by atoms with Gasteiger partial charge in [-0.15, -0.1) is 0 Å². The summed E-state index contributed by atoms with van der Waals surface area (Å²) in [7, 11) is 1.59. The summed E-state index contributed by atoms with van der Waals surface area (Å²) >= 11 is 11.3. The van der Waals surface area contributed by atoms with Gasteiger partial charge in [0.15, 0.2) is 16.6 Å². The van der Waals surface area contributed by atoms with Crippen LogP contribution in [0.3, 0.4) is 0 Å². The second kappa shape index (κ2) is 6.93. The quantitative estimate of drug-likeness (QED) is 0.822. The average molecular weight is 351 g/mol. The molecular formula is C16H15ClN2O3S. The number of halogens is 1. The monoisotopic (exact) mass is 350 g/mol. The van der Waals surface area contributed by atoms with Crippen LogP contribution in [0, 0.1) is 0 Å². The maximum absolute atomic E-state index is 6.00. The Morgan fingerprint density at radius 2 is 2.04 bits per heavy atom. The Bertz CT molecular complexity index is 739. The van der Waals surface area contributed by atoms with Crippen molar-refractivity contribution in [2.24, 2.45) is 0 Å². The summed E-state index contributed by atoms with van der Waals surface area (Å²) in [5.74, 6) is 2.18. The average Bonchev–Trinajstić information content (AvgIpc) is 3.01. The Hall–Kier alpha value is -2.18. The SMILES string of the molecule is COc1ccc(Cl)cc1NC(=S)NCc1ccc2c(c1)OCO2. The number of methoxy groups -OCH3 is 1. The molecule has 2 N–H and O–H groups in total. The molecule has 1 heterocycles. The highest BCUT2D eigenvalue weighted by atomic mass is 35.5. The molecule has 0 aliphatic carbocycles. The molecule has 0 saturated carbocycles. The smallest absolute Gasteiger partial charge is 0.231 e. The van der Waals surface area contributed by atoms with E-state index in [1.165, 1.54) is 0 Å². The second-order valence-electron chi connectivity index (χ2n) is 4.84. The van der Waals surface area contributed by atoms with Crippen molar-refractivity contribution in [1.82, 2.24) is 5.32 Å². The first-order valence-corrected chi connectivity index (χ1v) is 7.71. The standard InChI is InChI=1S/C16H15ClN2O3S/c1-20-13-5-3-11(17)7-12(13)19-16(23)18-8-10-2-4-14-15(6-10)22-9-21-14/h2-7H,8-9H2,1H3,(H2,18,19,23). The fraction of sp³-hybridized carbons (Fsp3) is 0.188. The van der Waals surface area contributed by atoms with Crippen LogP contribution in [0.4, 0.5) is 5.69 Å². The molecule has 0 fully saturated rings. The van der Waals surface area contributed by atoms with E-state index in [2.05, 4.69) is 10.6 Å². The first kappa shape index (κ1) is 15.7. The molecule has 0 atom stereocenters. The third-order valence-corrected chi connectivity index (χ3v) is 3.78. The number of thiocarbonyl (C=S) groups is 1. The summed E-state index contributed by atoms with van der Waals surface area (Å²) in [5, 5.41) is 7.29. The van der Waals surface area contributed by atoms with Gasteiger partial charge in [0.2, 0.25) is 6.79 Å². The Morgan fingerprint density at radius 1 is 1.22 bits per heavy atom. The van der Waals surface area contributed by atoms with Gasteiger partial charge in [0.1, 0.15) is 5.75 Å². The molecule has 0 amide bonds. The second-order valence-corrected chi connectivity index (χ2v) is 5.68. The minimum atomic E-state index is 0.265. The van der Waals surface area contributed by atoms with Crippen LogP contribution in [0.5, 0.6) is 17.2 Å². The van der Waals surface area contributed by atoms with E-state index in [4.69, 9.17) is 38.0 Å². The third kappa shape index (κ3) is 3.78. The van der Waals surface area contributed by atoms with E-state index in [9.17, 15) is 0 Å². The molecule has 0 unspecified atom stereocenters. The van der Waals surface area contributed by atoms with Gasteiger partial charge in [0.05, 0.1) is 12.8 Å². The lowest BCUT2D eigenvalue weighted by atomic mass is 10.2. The van der Waals surface area contributed by atoms with Gasteiger partial charge in [0, 0.05) is 11.6 Å². The summed E-state index contributed by atoms with van der Waals surface area (Å²) in [6, 6.07) is 11.1. The lowest BCUT2D eigenvalue weighted by Gasteiger charge is -2.14. The van der Waals surface area contributed by atoms with Crippen LogP contribution in [0.25, 0.3) is 0 Å². The van der Waals surface area contributed by atoms with Crippen LogP contribution in [0.2, 0.25) is 5.02 Å². The van der Waals surface area contributed by atoms with Crippen molar-refractivity contribution < 1.29 is 14.2 Å². The largest absolute Gasteiger partial charge is 0.495 e. The van der Waals surface area contributed by atoms with Crippen LogP contribution in [0.1, 0.15) is 5.56 Å². The van der Waals surface area contributed by atoms with Gasteiger partial charge in [-0.25, -0.2) is 0 Å². The lowest BCUT2D eigenvalue weighted by molar-refractivity contribution is 0.174. The summed E-state index contributed by atoms with van der Waals surface area (Å²) in [5.41, 5.74) is 1.75. The van der Waals surface area contributed by atoms with Gasteiger partial charge in [-0.05, 0) is 48.1 Å². The van der Waals surface area contributed by atoms with E-state index >= 15 is 0 Å². The number of hydrogen-bond donors (Lipinski definition) is 2. The van der Waals surface area contributed by atoms with E-state index in [-0.39, 0.29) is 6.79 Å². The normalized spacial score (nSPS) is 11.9. The molecule has 2 aromatic rings. The maximum atomic E-state index is 6.00. The topological polar surface area (TPSA) is 51.8 Å². The molecule has 0 saturated heterocycles. The fourth-order valence-corrected chi connectivity index (χ4v) is 2.53. The molecule has 5 nitrogen and oxygen atoms in total. The van der Waals surface area contributed by atoms with Gasteiger partial charge in [-0.3, -0.25) is 0 Å². The van der Waals surface area contributed by atoms with Gasteiger partial charge in [0.25, 0.3) is 0 Å². The third-order valence-electron chi connectivity index (χ3n) is 3.30. The van der Waals surface area contributed by atoms with Gasteiger partial charge in [-0.2, -0.15) is 0 Å². The number of rotatable bonds is 4. The minimum Gasteiger partial charge on any atom is -0.495 e. The zero-order chi connectivity index (χ0) is 16.2. The van der Waals surface area contributed by atoms with Crippen molar-refractivity contribution in [2.75, 3.05) is 19.2 Å². The highest BCUT2D eigenvalue weighted by Crippen LogP contribution is 2.32. The van der Waals surface area contributed by atoms with Crippen molar-refractivity contribution in [3.8, 4) is 17.2 Å². The van der Waals surface area contributed by atoms with Gasteiger partial charge < -0.3 is 24.8 Å². The number of benzene rings is 2. The first-order chi connectivity index (χ1) is 11.2. The predicted molar refractivity (Wildman–Crippen MR) is 93.6 cm³/mol. The van der Waals surface area contributed by atoms with E-state index in [1.54, 1.807) is 25.3 Å². The molecule has 7 heteroatoms. The van der Waals surface area contributed by atoms with Gasteiger partial charge in [-0.1, -0.05) is 17.7 Å². The van der Waals surface area contributed by atoms with Crippen LogP contribution in [-0.4, -0.2) is 19.0 Å². The molecule has 0 spiro atoms. The first-order valence-electron chi connectivity index (χ1n) is 6.92. The van der Waals surface area contributed by atoms with Crippen LogP contribution < -0.4 is 24.8 Å². The molecule has 120 valence electrons. The Labute approximate surface area is 144 Å². The Balaban J connectivity index is 1.61. The molecule has 0 radical (unpaired) electrons. The van der Waals surface area contributed by atoms with Crippen LogP contribution in [-0.2, 0) is 6.54 Å². The number of nitrogens with one attached hydrogen (secondary N) is 2. The molecule has 2 aromatic carbocycles. The molecule has 3 rings (SSSR count). The summed E-state index contributed by atoms with van der Waals surface area (Å²) in [6.07, 6.45) is 0. The summed E-state index contributed by atoms with van der Waals surface area (Å²) < 4.78 is 15.9. The van der Waals surface area contributed by atoms with E-state index < -0.39 is 0 Å². The number of hydrogen-bond acceptors (Lipinski definition) is 4. The highest BCUT2D eigenvalue weighted by Gasteiger charge is 2.13.